The normalized spacial score (nSPS) is 17.3. The zero-order valence-electron chi connectivity index (χ0n) is 9.11. The summed E-state index contributed by atoms with van der Waals surface area (Å²) in [7, 11) is 0. The summed E-state index contributed by atoms with van der Waals surface area (Å²) < 4.78 is 0. The Kier molecular flexibility index (Phi) is 5.04. The third-order valence-electron chi connectivity index (χ3n) is 2.80. The maximum absolute atomic E-state index is 11.3. The Balaban J connectivity index is 2.21. The number of carbonyl (C=O) groups excluding carboxylic acids is 1. The molecule has 0 bridgehead atoms. The average molecular weight is 230 g/mol. The first kappa shape index (κ1) is 12.8. The molecule has 1 aliphatic carbocycles. The van der Waals surface area contributed by atoms with Gasteiger partial charge >= 0.3 is 12.0 Å². The molecule has 4 N–H and O–H groups in total. The maximum Gasteiger partial charge on any atom is 0.326 e. The van der Waals surface area contributed by atoms with Crippen molar-refractivity contribution in [2.24, 2.45) is 5.92 Å². The Bertz CT molecular complexity index is 253. The first-order valence-corrected chi connectivity index (χ1v) is 5.51. The molecule has 6 nitrogen and oxygen atoms in total. The number of carboxylic acid groups (broad SMARTS) is 1. The summed E-state index contributed by atoms with van der Waals surface area (Å²) in [4.78, 5) is 22.0. The Morgan fingerprint density at radius 3 is 2.50 bits per heavy atom. The van der Waals surface area contributed by atoms with Gasteiger partial charge in [-0.2, -0.15) is 0 Å². The van der Waals surface area contributed by atoms with E-state index in [0.29, 0.717) is 12.5 Å². The van der Waals surface area contributed by atoms with Gasteiger partial charge in [0.1, 0.15) is 6.04 Å². The van der Waals surface area contributed by atoms with Crippen molar-refractivity contribution in [3.63, 3.8) is 0 Å². The van der Waals surface area contributed by atoms with Crippen LogP contribution in [0.15, 0.2) is 0 Å². The number of nitrogens with one attached hydrogen (secondary N) is 2. The molecule has 1 rings (SSSR count). The molecular weight excluding hydrogens is 212 g/mol. The highest BCUT2D eigenvalue weighted by molar-refractivity contribution is 5.82. The zero-order chi connectivity index (χ0) is 12.0. The van der Waals surface area contributed by atoms with Gasteiger partial charge in [0, 0.05) is 19.6 Å². The van der Waals surface area contributed by atoms with Crippen molar-refractivity contribution >= 4 is 12.0 Å². The van der Waals surface area contributed by atoms with Crippen molar-refractivity contribution in [1.82, 2.24) is 10.6 Å². The van der Waals surface area contributed by atoms with Gasteiger partial charge in [-0.25, -0.2) is 9.59 Å². The molecule has 0 saturated heterocycles. The second-order valence-electron chi connectivity index (χ2n) is 4.05. The van der Waals surface area contributed by atoms with Gasteiger partial charge in [-0.15, -0.1) is 0 Å². The third kappa shape index (κ3) is 4.06. The maximum atomic E-state index is 11.3. The van der Waals surface area contributed by atoms with Crippen LogP contribution in [0.25, 0.3) is 0 Å². The van der Waals surface area contributed by atoms with Crippen LogP contribution >= 0.6 is 0 Å². The van der Waals surface area contributed by atoms with Gasteiger partial charge < -0.3 is 20.8 Å². The van der Waals surface area contributed by atoms with Crippen LogP contribution in [0.5, 0.6) is 0 Å². The second-order valence-corrected chi connectivity index (χ2v) is 4.05. The number of hydrogen-bond donors (Lipinski definition) is 4. The molecule has 0 aromatic heterocycles. The molecular formula is C10H18N2O4. The van der Waals surface area contributed by atoms with E-state index in [1.54, 1.807) is 0 Å². The molecule has 0 spiro atoms. The number of carbonyl (C=O) groups is 2. The topological polar surface area (TPSA) is 98.7 Å². The molecule has 16 heavy (non-hydrogen) atoms. The van der Waals surface area contributed by atoms with Crippen LogP contribution < -0.4 is 10.6 Å². The molecule has 1 aliphatic rings. The lowest BCUT2D eigenvalue weighted by atomic mass is 9.85. The third-order valence-corrected chi connectivity index (χ3v) is 2.80. The molecule has 0 aromatic rings. The fourth-order valence-electron chi connectivity index (χ4n) is 1.53. The van der Waals surface area contributed by atoms with E-state index in [9.17, 15) is 9.59 Å². The van der Waals surface area contributed by atoms with Crippen LogP contribution in [-0.2, 0) is 4.79 Å². The van der Waals surface area contributed by atoms with Crippen LogP contribution in [0.2, 0.25) is 0 Å². The first-order valence-electron chi connectivity index (χ1n) is 5.51. The molecule has 0 heterocycles. The number of urea groups is 1. The van der Waals surface area contributed by atoms with E-state index in [1.165, 1.54) is 6.42 Å². The van der Waals surface area contributed by atoms with E-state index in [4.69, 9.17) is 10.2 Å². The summed E-state index contributed by atoms with van der Waals surface area (Å²) in [6, 6.07) is -1.50. The molecule has 0 unspecified atom stereocenters. The lowest BCUT2D eigenvalue weighted by Gasteiger charge is -2.25. The van der Waals surface area contributed by atoms with E-state index in [1.807, 2.05) is 0 Å². The number of aliphatic carboxylic acids is 1. The molecule has 1 saturated carbocycles. The molecule has 2 amide bonds. The molecule has 0 radical (unpaired) electrons. The molecule has 0 aromatic carbocycles. The average Bonchev–Trinajstić information content (AvgIpc) is 2.14. The predicted molar refractivity (Wildman–Crippen MR) is 57.0 cm³/mol. The monoisotopic (exact) mass is 230 g/mol. The SMILES string of the molecule is O=C(NCC1CCC1)N[C@H](CCO)C(=O)O. The van der Waals surface area contributed by atoms with E-state index in [0.717, 1.165) is 12.8 Å². The quantitative estimate of drug-likeness (QED) is 0.513. The highest BCUT2D eigenvalue weighted by atomic mass is 16.4. The second kappa shape index (κ2) is 6.32. The lowest BCUT2D eigenvalue weighted by molar-refractivity contribution is -0.139. The Morgan fingerprint density at radius 1 is 1.38 bits per heavy atom. The van der Waals surface area contributed by atoms with Crippen molar-refractivity contribution in [1.29, 1.82) is 0 Å². The van der Waals surface area contributed by atoms with Gasteiger partial charge in [0.15, 0.2) is 0 Å². The van der Waals surface area contributed by atoms with Gasteiger partial charge in [-0.05, 0) is 18.8 Å². The fourth-order valence-corrected chi connectivity index (χ4v) is 1.53. The summed E-state index contributed by atoms with van der Waals surface area (Å²) in [6.07, 6.45) is 3.47. The Morgan fingerprint density at radius 2 is 2.06 bits per heavy atom. The summed E-state index contributed by atoms with van der Waals surface area (Å²) in [5.74, 6) is -0.597. The minimum Gasteiger partial charge on any atom is -0.480 e. The van der Waals surface area contributed by atoms with Crippen molar-refractivity contribution in [3.05, 3.63) is 0 Å². The molecule has 0 aliphatic heterocycles. The molecule has 6 heteroatoms. The van der Waals surface area contributed by atoms with E-state index >= 15 is 0 Å². The minimum absolute atomic E-state index is 0.0200. The summed E-state index contributed by atoms with van der Waals surface area (Å²) >= 11 is 0. The number of aliphatic hydroxyl groups excluding tert-OH is 1. The molecule has 92 valence electrons. The number of hydrogen-bond acceptors (Lipinski definition) is 3. The molecule has 1 atom stereocenters. The van der Waals surface area contributed by atoms with Crippen LogP contribution in [-0.4, -0.2) is 41.4 Å². The lowest BCUT2D eigenvalue weighted by Crippen LogP contribution is -2.47. The van der Waals surface area contributed by atoms with Gasteiger partial charge in [-0.1, -0.05) is 6.42 Å². The minimum atomic E-state index is -1.13. The highest BCUT2D eigenvalue weighted by Gasteiger charge is 2.21. The van der Waals surface area contributed by atoms with Gasteiger partial charge in [-0.3, -0.25) is 0 Å². The summed E-state index contributed by atoms with van der Waals surface area (Å²) in [5, 5.41) is 22.3. The van der Waals surface area contributed by atoms with Crippen molar-refractivity contribution in [2.45, 2.75) is 31.7 Å². The van der Waals surface area contributed by atoms with Crippen LogP contribution in [0.1, 0.15) is 25.7 Å². The number of aliphatic hydroxyl groups is 1. The van der Waals surface area contributed by atoms with Gasteiger partial charge in [0.05, 0.1) is 0 Å². The van der Waals surface area contributed by atoms with Crippen molar-refractivity contribution in [2.75, 3.05) is 13.2 Å². The van der Waals surface area contributed by atoms with Crippen molar-refractivity contribution in [3.8, 4) is 0 Å². The van der Waals surface area contributed by atoms with Crippen LogP contribution in [0, 0.1) is 5.92 Å². The standard InChI is InChI=1S/C10H18N2O4/c13-5-4-8(9(14)15)12-10(16)11-6-7-2-1-3-7/h7-8,13H,1-6H2,(H,14,15)(H2,11,12,16)/t8-/m1/s1. The first-order chi connectivity index (χ1) is 7.63. The molecule has 1 fully saturated rings. The van der Waals surface area contributed by atoms with Gasteiger partial charge in [0.2, 0.25) is 0 Å². The van der Waals surface area contributed by atoms with Crippen molar-refractivity contribution < 1.29 is 19.8 Å². The Labute approximate surface area is 94.0 Å². The number of carboxylic acids is 1. The predicted octanol–water partition coefficient (Wildman–Crippen LogP) is -0.0787. The largest absolute Gasteiger partial charge is 0.480 e. The van der Waals surface area contributed by atoms with Crippen LogP contribution in [0.3, 0.4) is 0 Å². The van der Waals surface area contributed by atoms with Crippen LogP contribution in [0.4, 0.5) is 4.79 Å². The smallest absolute Gasteiger partial charge is 0.326 e. The Hall–Kier alpha value is -1.30. The highest BCUT2D eigenvalue weighted by Crippen LogP contribution is 2.24. The summed E-state index contributed by atoms with van der Waals surface area (Å²) in [6.45, 7) is 0.331. The van der Waals surface area contributed by atoms with E-state index in [-0.39, 0.29) is 13.0 Å². The van der Waals surface area contributed by atoms with Gasteiger partial charge in [0.25, 0.3) is 0 Å². The van der Waals surface area contributed by atoms with E-state index in [2.05, 4.69) is 10.6 Å². The number of rotatable bonds is 6. The van der Waals surface area contributed by atoms with E-state index < -0.39 is 18.0 Å². The zero-order valence-corrected chi connectivity index (χ0v) is 9.11. The number of amides is 2. The fraction of sp³-hybridized carbons (Fsp3) is 0.800. The summed E-state index contributed by atoms with van der Waals surface area (Å²) in [5.41, 5.74) is 0.